The minimum atomic E-state index is -0.561. The van der Waals surface area contributed by atoms with Crippen LogP contribution in [0.2, 0.25) is 0 Å². The van der Waals surface area contributed by atoms with Crippen LogP contribution >= 0.6 is 11.8 Å². The lowest BCUT2D eigenvalue weighted by atomic mass is 9.56. The number of thioether (sulfide) groups is 1. The second kappa shape index (κ2) is 9.40. The Bertz CT molecular complexity index is 1010. The molecule has 0 aromatic heterocycles. The van der Waals surface area contributed by atoms with Gasteiger partial charge in [0.05, 0.1) is 22.8 Å². The van der Waals surface area contributed by atoms with E-state index in [4.69, 9.17) is 14.5 Å². The Labute approximate surface area is 207 Å². The number of esters is 1. The van der Waals surface area contributed by atoms with Crippen molar-refractivity contribution in [3.05, 3.63) is 42.0 Å². The standard InChI is InChI=1S/C27H36N2O4S/c1-6-32-22(30)13-16-26(14-9-10-15-26)27-17-21(29-24(31)33-25(3,4)5)18(2)34-23(27)28-20-12-8-7-11-19(20)27/h7-8,11-13,16,18,21H,6,9-10,14-15,17H2,1-5H3,(H,29,31)/b16-13-/t18-,21+,27+/m1/s1. The van der Waals surface area contributed by atoms with Crippen molar-refractivity contribution in [2.75, 3.05) is 6.61 Å². The molecular weight excluding hydrogens is 448 g/mol. The predicted octanol–water partition coefficient (Wildman–Crippen LogP) is 6.07. The molecule has 0 bridgehead atoms. The molecule has 2 heterocycles. The number of para-hydroxylation sites is 1. The van der Waals surface area contributed by atoms with Crippen molar-refractivity contribution >= 4 is 34.6 Å². The Morgan fingerprint density at radius 3 is 2.62 bits per heavy atom. The third-order valence-corrected chi connectivity index (χ3v) is 8.58. The Kier molecular flexibility index (Phi) is 6.87. The molecule has 1 aromatic rings. The van der Waals surface area contributed by atoms with Crippen LogP contribution in [0.25, 0.3) is 0 Å². The van der Waals surface area contributed by atoms with Gasteiger partial charge >= 0.3 is 12.1 Å². The summed E-state index contributed by atoms with van der Waals surface area (Å²) < 4.78 is 10.8. The lowest BCUT2D eigenvalue weighted by Crippen LogP contribution is -2.58. The number of nitrogens with one attached hydrogen (secondary N) is 1. The Morgan fingerprint density at radius 1 is 1.24 bits per heavy atom. The normalized spacial score (nSPS) is 27.6. The zero-order valence-electron chi connectivity index (χ0n) is 20.8. The Hall–Kier alpha value is -2.28. The van der Waals surface area contributed by atoms with E-state index in [2.05, 4.69) is 36.5 Å². The molecule has 6 nitrogen and oxygen atoms in total. The molecule has 2 fully saturated rings. The molecule has 0 unspecified atom stereocenters. The average molecular weight is 485 g/mol. The van der Waals surface area contributed by atoms with E-state index < -0.39 is 17.1 Å². The molecule has 1 aromatic carbocycles. The minimum Gasteiger partial charge on any atom is -0.463 e. The molecule has 1 amide bonds. The summed E-state index contributed by atoms with van der Waals surface area (Å²) in [6, 6.07) is 8.23. The van der Waals surface area contributed by atoms with Gasteiger partial charge in [0.2, 0.25) is 0 Å². The molecular formula is C27H36N2O4S. The number of ether oxygens (including phenoxy) is 2. The molecule has 1 saturated heterocycles. The van der Waals surface area contributed by atoms with Crippen molar-refractivity contribution in [3.8, 4) is 0 Å². The maximum absolute atomic E-state index is 12.8. The molecule has 1 N–H and O–H groups in total. The highest BCUT2D eigenvalue weighted by molar-refractivity contribution is 8.14. The third-order valence-electron chi connectivity index (χ3n) is 7.21. The van der Waals surface area contributed by atoms with Gasteiger partial charge in [-0.15, -0.1) is 11.8 Å². The number of amides is 1. The van der Waals surface area contributed by atoms with Crippen molar-refractivity contribution in [2.45, 2.75) is 89.0 Å². The summed E-state index contributed by atoms with van der Waals surface area (Å²) in [5, 5.41) is 4.40. The second-order valence-electron chi connectivity index (χ2n) is 10.6. The molecule has 1 aliphatic carbocycles. The van der Waals surface area contributed by atoms with Crippen LogP contribution in [0.3, 0.4) is 0 Å². The zero-order valence-corrected chi connectivity index (χ0v) is 21.7. The van der Waals surface area contributed by atoms with Crippen LogP contribution in [0.4, 0.5) is 10.5 Å². The summed E-state index contributed by atoms with van der Waals surface area (Å²) in [5.41, 5.74) is 0.947. The number of aliphatic imine (C=N–C) groups is 1. The lowest BCUT2D eigenvalue weighted by molar-refractivity contribution is -0.137. The number of fused-ring (bicyclic) bond motifs is 3. The summed E-state index contributed by atoms with van der Waals surface area (Å²) in [4.78, 5) is 30.2. The second-order valence-corrected chi connectivity index (χ2v) is 11.9. The highest BCUT2D eigenvalue weighted by Crippen LogP contribution is 2.64. The first-order chi connectivity index (χ1) is 16.1. The van der Waals surface area contributed by atoms with Gasteiger partial charge < -0.3 is 14.8 Å². The molecule has 0 spiro atoms. The van der Waals surface area contributed by atoms with Crippen LogP contribution in [0.15, 0.2) is 41.4 Å². The lowest BCUT2D eigenvalue weighted by Gasteiger charge is -2.51. The first-order valence-electron chi connectivity index (χ1n) is 12.3. The maximum atomic E-state index is 12.8. The quantitative estimate of drug-likeness (QED) is 0.406. The first-order valence-corrected chi connectivity index (χ1v) is 13.2. The SMILES string of the molecule is CCOC(=O)/C=C\C1([C@]23C[C@H](NC(=O)OC(C)(C)C)[C@@H](C)SC2=Nc2ccccc23)CCCC1. The summed E-state index contributed by atoms with van der Waals surface area (Å²) in [6.07, 6.45) is 8.13. The number of benzene rings is 1. The Balaban J connectivity index is 1.77. The predicted molar refractivity (Wildman–Crippen MR) is 137 cm³/mol. The van der Waals surface area contributed by atoms with E-state index in [1.807, 2.05) is 33.8 Å². The van der Waals surface area contributed by atoms with E-state index in [9.17, 15) is 9.59 Å². The molecule has 2 aliphatic heterocycles. The van der Waals surface area contributed by atoms with Crippen LogP contribution in [0.1, 0.15) is 72.3 Å². The van der Waals surface area contributed by atoms with Crippen molar-refractivity contribution in [1.29, 1.82) is 0 Å². The van der Waals surface area contributed by atoms with E-state index in [-0.39, 0.29) is 22.7 Å². The summed E-state index contributed by atoms with van der Waals surface area (Å²) >= 11 is 1.74. The smallest absolute Gasteiger partial charge is 0.407 e. The van der Waals surface area contributed by atoms with Crippen molar-refractivity contribution in [1.82, 2.24) is 5.32 Å². The number of nitrogens with zero attached hydrogens (tertiary/aromatic N) is 1. The molecule has 3 atom stereocenters. The largest absolute Gasteiger partial charge is 0.463 e. The van der Waals surface area contributed by atoms with Gasteiger partial charge in [0.15, 0.2) is 0 Å². The fourth-order valence-corrected chi connectivity index (χ4v) is 7.23. The number of carbonyl (C=O) groups is 2. The van der Waals surface area contributed by atoms with Crippen molar-refractivity contribution < 1.29 is 19.1 Å². The maximum Gasteiger partial charge on any atom is 0.407 e. The fourth-order valence-electron chi connectivity index (χ4n) is 5.80. The van der Waals surface area contributed by atoms with Crippen LogP contribution in [-0.2, 0) is 19.7 Å². The van der Waals surface area contributed by atoms with Gasteiger partial charge in [-0.2, -0.15) is 0 Å². The first kappa shape index (κ1) is 24.8. The van der Waals surface area contributed by atoms with Crippen molar-refractivity contribution in [3.63, 3.8) is 0 Å². The van der Waals surface area contributed by atoms with E-state index >= 15 is 0 Å². The third kappa shape index (κ3) is 4.51. The number of alkyl carbamates (subject to hydrolysis) is 1. The topological polar surface area (TPSA) is 77.0 Å². The highest BCUT2D eigenvalue weighted by Gasteiger charge is 2.61. The monoisotopic (exact) mass is 484 g/mol. The number of carbonyl (C=O) groups excluding carboxylic acids is 2. The average Bonchev–Trinajstić information content (AvgIpc) is 3.36. The fraction of sp³-hybridized carbons (Fsp3) is 0.593. The minimum absolute atomic E-state index is 0.0987. The van der Waals surface area contributed by atoms with Crippen LogP contribution in [0.5, 0.6) is 0 Å². The summed E-state index contributed by atoms with van der Waals surface area (Å²) in [6.45, 7) is 9.93. The van der Waals surface area contributed by atoms with Gasteiger partial charge in [-0.05, 0) is 58.6 Å². The van der Waals surface area contributed by atoms with Gasteiger partial charge in [-0.1, -0.05) is 44.0 Å². The molecule has 4 rings (SSSR count). The molecule has 34 heavy (non-hydrogen) atoms. The summed E-state index contributed by atoms with van der Waals surface area (Å²) in [5.74, 6) is -0.310. The molecule has 1 saturated carbocycles. The van der Waals surface area contributed by atoms with Gasteiger partial charge in [-0.3, -0.25) is 0 Å². The molecule has 7 heteroatoms. The van der Waals surface area contributed by atoms with Crippen molar-refractivity contribution in [2.24, 2.45) is 10.4 Å². The Morgan fingerprint density at radius 2 is 1.94 bits per heavy atom. The van der Waals surface area contributed by atoms with Gasteiger partial charge in [0, 0.05) is 22.8 Å². The van der Waals surface area contributed by atoms with Gasteiger partial charge in [0.25, 0.3) is 0 Å². The van der Waals surface area contributed by atoms with Crippen LogP contribution in [0, 0.1) is 5.41 Å². The number of allylic oxidation sites excluding steroid dienone is 1. The van der Waals surface area contributed by atoms with Crippen LogP contribution in [-0.4, -0.2) is 40.6 Å². The van der Waals surface area contributed by atoms with E-state index in [0.29, 0.717) is 13.0 Å². The van der Waals surface area contributed by atoms with E-state index in [0.717, 1.165) is 36.4 Å². The summed E-state index contributed by atoms with van der Waals surface area (Å²) in [7, 11) is 0. The van der Waals surface area contributed by atoms with Gasteiger partial charge in [-0.25, -0.2) is 14.6 Å². The van der Waals surface area contributed by atoms with Crippen LogP contribution < -0.4 is 5.32 Å². The molecule has 0 radical (unpaired) electrons. The number of hydrogen-bond donors (Lipinski definition) is 1. The van der Waals surface area contributed by atoms with E-state index in [1.54, 1.807) is 17.8 Å². The highest BCUT2D eigenvalue weighted by atomic mass is 32.2. The molecule has 184 valence electrons. The molecule has 3 aliphatic rings. The zero-order chi connectivity index (χ0) is 24.6. The van der Waals surface area contributed by atoms with Gasteiger partial charge in [0.1, 0.15) is 5.60 Å². The number of hydrogen-bond acceptors (Lipinski definition) is 6. The van der Waals surface area contributed by atoms with E-state index in [1.165, 1.54) is 5.56 Å². The number of rotatable bonds is 5.